The van der Waals surface area contributed by atoms with Crippen molar-refractivity contribution in [1.82, 2.24) is 10.6 Å². The van der Waals surface area contributed by atoms with Gasteiger partial charge < -0.3 is 40.7 Å². The van der Waals surface area contributed by atoms with Crippen LogP contribution < -0.4 is 15.5 Å². The van der Waals surface area contributed by atoms with E-state index < -0.39 is 55.2 Å². The smallest absolute Gasteiger partial charge is 0.303 e. The zero-order valence-corrected chi connectivity index (χ0v) is 25.6. The average molecular weight is 845 g/mol. The molecule has 3 amide bonds. The number of hydrogen-bond donors (Lipinski definition) is 6. The number of anilines is 1. The van der Waals surface area contributed by atoms with Gasteiger partial charge in [-0.05, 0) is 80.6 Å². The van der Waals surface area contributed by atoms with E-state index in [2.05, 4.69) is 10.6 Å². The molecule has 6 N–H and O–H groups in total. The summed E-state index contributed by atoms with van der Waals surface area (Å²) in [5.41, 5.74) is 0.443. The van der Waals surface area contributed by atoms with Gasteiger partial charge in [0.2, 0.25) is 0 Å². The summed E-state index contributed by atoms with van der Waals surface area (Å²) in [6.45, 7) is -0.149. The molecule has 1 aromatic carbocycles. The number of aliphatic hydroxyl groups is 4. The highest BCUT2D eigenvalue weighted by atomic mass is 127. The molecule has 0 aromatic heterocycles. The predicted molar refractivity (Wildman–Crippen MR) is 153 cm³/mol. The lowest BCUT2D eigenvalue weighted by Gasteiger charge is -2.34. The molecule has 36 heavy (non-hydrogen) atoms. The van der Waals surface area contributed by atoms with E-state index in [1.807, 2.05) is 67.8 Å². The van der Waals surface area contributed by atoms with Crippen LogP contribution in [0.15, 0.2) is 0 Å². The standard InChI is InChI=1S/C21H26I3N3O9/c1-9(30)36-12-3-2-4-27(21(12)35)18-16(23)13(19(33)25-5-10(31)7-28)15(22)14(17(18)24)20(34)26-6-11(32)8-29/h10-12,28-29,31-32H,2-8H2,1H3,(H,25,33)(H,26,34). The Labute approximate surface area is 247 Å². The summed E-state index contributed by atoms with van der Waals surface area (Å²) < 4.78 is 6.16. The second-order valence-corrected chi connectivity index (χ2v) is 11.1. The highest BCUT2D eigenvalue weighted by molar-refractivity contribution is 14.1. The fourth-order valence-corrected chi connectivity index (χ4v) is 8.12. The van der Waals surface area contributed by atoms with Crippen LogP contribution >= 0.6 is 67.8 Å². The van der Waals surface area contributed by atoms with Crippen LogP contribution in [0.2, 0.25) is 0 Å². The van der Waals surface area contributed by atoms with Crippen molar-refractivity contribution in [2.45, 2.75) is 38.1 Å². The number of amides is 3. The third kappa shape index (κ3) is 7.59. The van der Waals surface area contributed by atoms with Gasteiger partial charge in [-0.3, -0.25) is 19.2 Å². The van der Waals surface area contributed by atoms with Gasteiger partial charge in [-0.25, -0.2) is 0 Å². The number of ether oxygens (including phenoxy) is 1. The number of halogens is 3. The molecule has 1 saturated heterocycles. The number of aliphatic hydroxyl groups excluding tert-OH is 4. The van der Waals surface area contributed by atoms with Gasteiger partial charge in [0.15, 0.2) is 6.10 Å². The molecule has 3 unspecified atom stereocenters. The van der Waals surface area contributed by atoms with Gasteiger partial charge in [-0.2, -0.15) is 0 Å². The predicted octanol–water partition coefficient (Wildman–Crippen LogP) is -0.275. The molecule has 1 fully saturated rings. The number of piperidine rings is 1. The van der Waals surface area contributed by atoms with E-state index >= 15 is 0 Å². The number of carbonyl (C=O) groups excluding carboxylic acids is 4. The lowest BCUT2D eigenvalue weighted by molar-refractivity contribution is -0.154. The van der Waals surface area contributed by atoms with Crippen molar-refractivity contribution in [3.63, 3.8) is 0 Å². The van der Waals surface area contributed by atoms with Crippen LogP contribution in [0.5, 0.6) is 0 Å². The van der Waals surface area contributed by atoms with Gasteiger partial charge in [-0.15, -0.1) is 0 Å². The van der Waals surface area contributed by atoms with Crippen molar-refractivity contribution in [2.75, 3.05) is 37.7 Å². The minimum absolute atomic E-state index is 0.0759. The topological polar surface area (TPSA) is 186 Å². The Morgan fingerprint density at radius 1 is 0.972 bits per heavy atom. The van der Waals surface area contributed by atoms with E-state index in [0.29, 0.717) is 25.7 Å². The summed E-state index contributed by atoms with van der Waals surface area (Å²) in [6, 6.07) is 0. The largest absolute Gasteiger partial charge is 0.452 e. The van der Waals surface area contributed by atoms with Crippen LogP contribution in [-0.4, -0.2) is 95.3 Å². The van der Waals surface area contributed by atoms with Crippen molar-refractivity contribution in [2.24, 2.45) is 0 Å². The number of esters is 1. The second kappa shape index (κ2) is 14.3. The van der Waals surface area contributed by atoms with Gasteiger partial charge in [0, 0.05) is 30.1 Å². The fraction of sp³-hybridized carbons (Fsp3) is 0.524. The zero-order valence-electron chi connectivity index (χ0n) is 19.1. The minimum atomic E-state index is -1.19. The monoisotopic (exact) mass is 845 g/mol. The molecule has 0 aliphatic carbocycles. The van der Waals surface area contributed by atoms with Crippen molar-refractivity contribution in [3.8, 4) is 0 Å². The second-order valence-electron chi connectivity index (χ2n) is 7.86. The van der Waals surface area contributed by atoms with Gasteiger partial charge in [-0.1, -0.05) is 0 Å². The third-order valence-electron chi connectivity index (χ3n) is 5.13. The summed E-state index contributed by atoms with van der Waals surface area (Å²) in [5, 5.41) is 42.4. The Morgan fingerprint density at radius 2 is 1.44 bits per heavy atom. The highest BCUT2D eigenvalue weighted by Gasteiger charge is 2.37. The van der Waals surface area contributed by atoms with Gasteiger partial charge >= 0.3 is 5.97 Å². The third-order valence-corrected chi connectivity index (χ3v) is 8.31. The maximum absolute atomic E-state index is 13.2. The normalized spacial score (nSPS) is 17.4. The van der Waals surface area contributed by atoms with Crippen LogP contribution in [-0.2, 0) is 14.3 Å². The minimum Gasteiger partial charge on any atom is -0.452 e. The molecule has 0 saturated carbocycles. The van der Waals surface area contributed by atoms with Crippen LogP contribution in [0.4, 0.5) is 5.69 Å². The number of carbonyl (C=O) groups is 4. The SMILES string of the molecule is CC(=O)OC1CCCN(c2c(I)c(C(=O)NCC(O)CO)c(I)c(C(=O)NCC(O)CO)c2I)C1=O. The molecule has 12 nitrogen and oxygen atoms in total. The van der Waals surface area contributed by atoms with Crippen LogP contribution in [0.1, 0.15) is 40.5 Å². The number of nitrogens with zero attached hydrogens (tertiary/aromatic N) is 1. The highest BCUT2D eigenvalue weighted by Crippen LogP contribution is 2.39. The van der Waals surface area contributed by atoms with Gasteiger partial charge in [0.05, 0.1) is 49.4 Å². The first-order valence-corrected chi connectivity index (χ1v) is 14.0. The summed E-state index contributed by atoms with van der Waals surface area (Å²) in [7, 11) is 0. The number of benzene rings is 1. The molecule has 200 valence electrons. The first kappa shape index (κ1) is 31.3. The molecule has 1 aliphatic rings. The van der Waals surface area contributed by atoms with E-state index in [1.165, 1.54) is 11.8 Å². The fourth-order valence-electron chi connectivity index (χ4n) is 3.39. The molecule has 1 aliphatic heterocycles. The van der Waals surface area contributed by atoms with Crippen LogP contribution in [0, 0.1) is 10.7 Å². The lowest BCUT2D eigenvalue weighted by atomic mass is 10.0. The summed E-state index contributed by atoms with van der Waals surface area (Å²) >= 11 is 5.66. The Morgan fingerprint density at radius 3 is 1.86 bits per heavy atom. The van der Waals surface area contributed by atoms with Crippen molar-refractivity contribution < 1.29 is 44.3 Å². The van der Waals surface area contributed by atoms with Crippen LogP contribution in [0.25, 0.3) is 0 Å². The number of rotatable bonds is 10. The Hall–Kier alpha value is -0.870. The maximum atomic E-state index is 13.2. The first-order valence-electron chi connectivity index (χ1n) is 10.8. The molecule has 3 atom stereocenters. The summed E-state index contributed by atoms with van der Waals surface area (Å²) in [5.74, 6) is -2.37. The maximum Gasteiger partial charge on any atom is 0.303 e. The quantitative estimate of drug-likeness (QED) is 0.136. The van der Waals surface area contributed by atoms with Crippen molar-refractivity contribution in [1.29, 1.82) is 0 Å². The van der Waals surface area contributed by atoms with E-state index in [1.54, 1.807) is 0 Å². The average Bonchev–Trinajstić information content (AvgIpc) is 2.82. The summed E-state index contributed by atoms with van der Waals surface area (Å²) in [6.07, 6.45) is -2.54. The lowest BCUT2D eigenvalue weighted by Crippen LogP contribution is -2.47. The molecule has 1 aromatic rings. The Kier molecular flexibility index (Phi) is 12.5. The molecule has 0 spiro atoms. The number of hydrogen-bond acceptors (Lipinski definition) is 9. The molecule has 15 heteroatoms. The van der Waals surface area contributed by atoms with Gasteiger partial charge in [0.25, 0.3) is 17.7 Å². The Bertz CT molecular complexity index is 971. The zero-order chi connectivity index (χ0) is 27.2. The van der Waals surface area contributed by atoms with Crippen LogP contribution in [0.3, 0.4) is 0 Å². The molecule has 1 heterocycles. The first-order chi connectivity index (χ1) is 16.9. The van der Waals surface area contributed by atoms with E-state index in [4.69, 9.17) is 14.9 Å². The molecular formula is C21H26I3N3O9. The molecular weight excluding hydrogens is 819 g/mol. The summed E-state index contributed by atoms with van der Waals surface area (Å²) in [4.78, 5) is 52.4. The molecule has 0 radical (unpaired) electrons. The molecule has 0 bridgehead atoms. The molecule has 2 rings (SSSR count). The van der Waals surface area contributed by atoms with E-state index in [0.717, 1.165) is 0 Å². The van der Waals surface area contributed by atoms with Crippen molar-refractivity contribution in [3.05, 3.63) is 21.8 Å². The van der Waals surface area contributed by atoms with Crippen molar-refractivity contribution >= 4 is 97.2 Å². The number of nitrogens with one attached hydrogen (secondary N) is 2. The van der Waals surface area contributed by atoms with Gasteiger partial charge in [0.1, 0.15) is 0 Å². The van der Waals surface area contributed by atoms with E-state index in [9.17, 15) is 29.4 Å². The van der Waals surface area contributed by atoms with E-state index in [-0.39, 0.29) is 34.3 Å². The Balaban J connectivity index is 2.63.